The molecule has 2 heterocycles. The number of halogens is 1. The number of nitrogens with one attached hydrogen (secondary N) is 1. The molecule has 0 aliphatic carbocycles. The second-order valence-electron chi connectivity index (χ2n) is 5.33. The van der Waals surface area contributed by atoms with Gasteiger partial charge in [0.05, 0.1) is 11.9 Å². The van der Waals surface area contributed by atoms with Gasteiger partial charge in [0.15, 0.2) is 5.65 Å². The van der Waals surface area contributed by atoms with Crippen molar-refractivity contribution >= 4 is 35.1 Å². The number of rotatable bonds is 3. The third-order valence-corrected chi connectivity index (χ3v) is 3.62. The van der Waals surface area contributed by atoms with E-state index in [4.69, 9.17) is 0 Å². The Morgan fingerprint density at radius 2 is 1.56 bits per heavy atom. The first-order valence-electron chi connectivity index (χ1n) is 7.53. The summed E-state index contributed by atoms with van der Waals surface area (Å²) < 4.78 is 0. The van der Waals surface area contributed by atoms with Crippen molar-refractivity contribution in [2.45, 2.75) is 0 Å². The Bertz CT molecular complexity index is 991. The fourth-order valence-electron chi connectivity index (χ4n) is 2.41. The molecule has 4 rings (SSSR count). The van der Waals surface area contributed by atoms with Crippen LogP contribution < -0.4 is 5.32 Å². The number of pyridine rings is 1. The lowest BCUT2D eigenvalue weighted by Crippen LogP contribution is -1.96. The fraction of sp³-hybridized carbons (Fsp3) is 0. The highest BCUT2D eigenvalue weighted by Crippen LogP contribution is 2.22. The molecule has 0 radical (unpaired) electrons. The van der Waals surface area contributed by atoms with E-state index < -0.39 is 0 Å². The number of hydrogen-bond acceptors (Lipinski definition) is 5. The maximum Gasteiger partial charge on any atom is 0.180 e. The second kappa shape index (κ2) is 7.15. The van der Waals surface area contributed by atoms with E-state index in [-0.39, 0.29) is 18.2 Å². The van der Waals surface area contributed by atoms with Crippen molar-refractivity contribution in [1.29, 1.82) is 0 Å². The summed E-state index contributed by atoms with van der Waals surface area (Å²) in [5.74, 6) is 0.936. The van der Waals surface area contributed by atoms with Crippen molar-refractivity contribution < 1.29 is 5.11 Å². The van der Waals surface area contributed by atoms with Gasteiger partial charge in [0.1, 0.15) is 17.1 Å². The molecule has 6 heteroatoms. The zero-order valence-corrected chi connectivity index (χ0v) is 13.9. The maximum atomic E-state index is 9.40. The van der Waals surface area contributed by atoms with Gasteiger partial charge in [-0.2, -0.15) is 0 Å². The molecule has 5 nitrogen and oxygen atoms in total. The molecular weight excluding hydrogens is 336 g/mol. The number of nitrogens with zero attached hydrogens (tertiary/aromatic N) is 3. The van der Waals surface area contributed by atoms with Gasteiger partial charge in [-0.05, 0) is 48.5 Å². The van der Waals surface area contributed by atoms with E-state index in [1.54, 1.807) is 30.5 Å². The number of anilines is 2. The molecule has 0 atom stereocenters. The molecular formula is C19H15ClN4O. The summed E-state index contributed by atoms with van der Waals surface area (Å²) in [5.41, 5.74) is 3.86. The first kappa shape index (κ1) is 16.7. The summed E-state index contributed by atoms with van der Waals surface area (Å²) in [6.45, 7) is 0. The number of benzene rings is 2. The van der Waals surface area contributed by atoms with Gasteiger partial charge in [0.25, 0.3) is 0 Å². The Hall–Kier alpha value is -3.18. The Balaban J connectivity index is 0.00000182. The van der Waals surface area contributed by atoms with Gasteiger partial charge in [-0.1, -0.05) is 18.2 Å². The first-order valence-corrected chi connectivity index (χ1v) is 7.53. The Kier molecular flexibility index (Phi) is 4.77. The van der Waals surface area contributed by atoms with Crippen LogP contribution in [0.5, 0.6) is 5.75 Å². The maximum absolute atomic E-state index is 9.40. The minimum atomic E-state index is 0. The summed E-state index contributed by atoms with van der Waals surface area (Å²) in [6.07, 6.45) is 1.71. The molecule has 4 aromatic rings. The van der Waals surface area contributed by atoms with Gasteiger partial charge < -0.3 is 10.4 Å². The smallest absolute Gasteiger partial charge is 0.180 e. The summed E-state index contributed by atoms with van der Waals surface area (Å²) in [4.78, 5) is 13.5. The molecule has 0 amide bonds. The zero-order valence-electron chi connectivity index (χ0n) is 13.1. The first-order chi connectivity index (χ1) is 11.8. The molecule has 2 aromatic carbocycles. The minimum Gasteiger partial charge on any atom is -0.508 e. The van der Waals surface area contributed by atoms with E-state index in [1.807, 2.05) is 42.5 Å². The van der Waals surface area contributed by atoms with E-state index in [1.165, 1.54) is 0 Å². The van der Waals surface area contributed by atoms with Crippen molar-refractivity contribution in [3.8, 4) is 17.0 Å². The highest BCUT2D eigenvalue weighted by Gasteiger charge is 2.05. The number of fused-ring (bicyclic) bond motifs is 1. The molecule has 0 unspecified atom stereocenters. The van der Waals surface area contributed by atoms with Gasteiger partial charge in [0.2, 0.25) is 0 Å². The van der Waals surface area contributed by atoms with Crippen LogP contribution in [-0.2, 0) is 0 Å². The molecule has 2 N–H and O–H groups in total. The lowest BCUT2D eigenvalue weighted by Gasteiger charge is -2.07. The molecule has 0 saturated carbocycles. The van der Waals surface area contributed by atoms with Gasteiger partial charge in [-0.3, -0.25) is 4.98 Å². The molecule has 124 valence electrons. The van der Waals surface area contributed by atoms with Gasteiger partial charge in [-0.25, -0.2) is 9.97 Å². The van der Waals surface area contributed by atoms with E-state index in [0.29, 0.717) is 17.2 Å². The Morgan fingerprint density at radius 3 is 2.32 bits per heavy atom. The lowest BCUT2D eigenvalue weighted by atomic mass is 10.1. The summed E-state index contributed by atoms with van der Waals surface area (Å²) in [6, 6.07) is 20.5. The largest absolute Gasteiger partial charge is 0.508 e. The average Bonchev–Trinajstić information content (AvgIpc) is 2.63. The number of aromatic nitrogens is 3. The highest BCUT2D eigenvalue weighted by molar-refractivity contribution is 5.85. The summed E-state index contributed by atoms with van der Waals surface area (Å²) >= 11 is 0. The molecule has 0 aliphatic heterocycles. The minimum absolute atomic E-state index is 0. The number of phenolic OH excluding ortho intramolecular Hbond substituents is 1. The predicted molar refractivity (Wildman–Crippen MR) is 101 cm³/mol. The fourth-order valence-corrected chi connectivity index (χ4v) is 2.41. The number of aromatic hydroxyl groups is 1. The van der Waals surface area contributed by atoms with E-state index in [0.717, 1.165) is 16.8 Å². The number of para-hydroxylation sites is 1. The third kappa shape index (κ3) is 3.67. The second-order valence-corrected chi connectivity index (χ2v) is 5.33. The molecule has 0 aliphatic rings. The van der Waals surface area contributed by atoms with Crippen LogP contribution in [0.25, 0.3) is 22.4 Å². The topological polar surface area (TPSA) is 70.9 Å². The van der Waals surface area contributed by atoms with Crippen LogP contribution in [0.4, 0.5) is 11.5 Å². The van der Waals surface area contributed by atoms with Crippen LogP contribution in [0.15, 0.2) is 72.9 Å². The van der Waals surface area contributed by atoms with Gasteiger partial charge in [-0.15, -0.1) is 12.4 Å². The van der Waals surface area contributed by atoms with Gasteiger partial charge >= 0.3 is 0 Å². The van der Waals surface area contributed by atoms with Crippen LogP contribution in [0.2, 0.25) is 0 Å². The Labute approximate surface area is 150 Å². The Morgan fingerprint density at radius 1 is 0.800 bits per heavy atom. The van der Waals surface area contributed by atoms with Crippen molar-refractivity contribution in [2.24, 2.45) is 0 Å². The van der Waals surface area contributed by atoms with E-state index >= 15 is 0 Å². The molecule has 2 aromatic heterocycles. The van der Waals surface area contributed by atoms with Crippen molar-refractivity contribution in [2.75, 3.05) is 5.32 Å². The van der Waals surface area contributed by atoms with Crippen molar-refractivity contribution in [3.63, 3.8) is 0 Å². The van der Waals surface area contributed by atoms with Crippen molar-refractivity contribution in [3.05, 3.63) is 72.9 Å². The lowest BCUT2D eigenvalue weighted by molar-refractivity contribution is 0.475. The summed E-state index contributed by atoms with van der Waals surface area (Å²) in [5, 5.41) is 12.6. The number of phenols is 1. The predicted octanol–water partition coefficient (Wildman–Crippen LogP) is 4.56. The summed E-state index contributed by atoms with van der Waals surface area (Å²) in [7, 11) is 0. The monoisotopic (exact) mass is 350 g/mol. The van der Waals surface area contributed by atoms with Crippen LogP contribution in [0.1, 0.15) is 0 Å². The van der Waals surface area contributed by atoms with Crippen LogP contribution in [-0.4, -0.2) is 20.1 Å². The normalized spacial score (nSPS) is 10.2. The molecule has 0 saturated heterocycles. The molecule has 0 bridgehead atoms. The SMILES string of the molecule is Cl.Oc1ccc(-c2cnc3ccc(Nc4ccccc4)nc3n2)cc1. The standard InChI is InChI=1S/C19H14N4O.ClH/c24-15-8-6-13(7-9-15)17-12-20-16-10-11-18(23-19(16)22-17)21-14-4-2-1-3-5-14;/h1-12,24H,(H,21,22,23);1H. The molecule has 0 fully saturated rings. The average molecular weight is 351 g/mol. The van der Waals surface area contributed by atoms with Gasteiger partial charge in [0, 0.05) is 11.3 Å². The van der Waals surface area contributed by atoms with E-state index in [9.17, 15) is 5.11 Å². The van der Waals surface area contributed by atoms with Crippen LogP contribution in [0.3, 0.4) is 0 Å². The molecule has 0 spiro atoms. The van der Waals surface area contributed by atoms with E-state index in [2.05, 4.69) is 20.3 Å². The van der Waals surface area contributed by atoms with Crippen LogP contribution in [0, 0.1) is 0 Å². The highest BCUT2D eigenvalue weighted by atomic mass is 35.5. The molecule has 25 heavy (non-hydrogen) atoms. The zero-order chi connectivity index (χ0) is 16.4. The van der Waals surface area contributed by atoms with Crippen molar-refractivity contribution in [1.82, 2.24) is 15.0 Å². The number of hydrogen-bond donors (Lipinski definition) is 2. The van der Waals surface area contributed by atoms with Crippen LogP contribution >= 0.6 is 12.4 Å². The third-order valence-electron chi connectivity index (χ3n) is 3.62. The quantitative estimate of drug-likeness (QED) is 0.566.